The van der Waals surface area contributed by atoms with E-state index >= 15 is 0 Å². The van der Waals surface area contributed by atoms with Crippen molar-refractivity contribution in [2.24, 2.45) is 27.8 Å². The smallest absolute Gasteiger partial charge is 0.304 e. The Labute approximate surface area is 251 Å². The molecular weight excluding hydrogens is 580 g/mol. The molecule has 0 unspecified atom stereocenters. The second kappa shape index (κ2) is 10.2. The molecule has 0 saturated heterocycles. The first kappa shape index (κ1) is 30.2. The molecule has 4 atom stereocenters. The first-order valence-electron chi connectivity index (χ1n) is 13.2. The van der Waals surface area contributed by atoms with E-state index in [0.29, 0.717) is 27.4 Å². The van der Waals surface area contributed by atoms with Crippen molar-refractivity contribution in [1.82, 2.24) is 4.90 Å². The van der Waals surface area contributed by atoms with Gasteiger partial charge in [0.25, 0.3) is 0 Å². The number of rotatable bonds is 4. The zero-order valence-corrected chi connectivity index (χ0v) is 24.5. The van der Waals surface area contributed by atoms with Gasteiger partial charge in [-0.25, -0.2) is 0 Å². The number of anilines is 1. The Morgan fingerprint density at radius 1 is 1.09 bits per heavy atom. The predicted octanol–water partition coefficient (Wildman–Crippen LogP) is 1.96. The van der Waals surface area contributed by atoms with Gasteiger partial charge in [0, 0.05) is 36.3 Å². The number of aliphatic hydroxyl groups excluding tert-OH is 2. The number of carbonyl (C=O) groups is 3. The number of halogens is 1. The van der Waals surface area contributed by atoms with Crippen molar-refractivity contribution in [3.05, 3.63) is 69.1 Å². The lowest BCUT2D eigenvalue weighted by Gasteiger charge is -2.53. The van der Waals surface area contributed by atoms with Gasteiger partial charge in [-0.05, 0) is 56.3 Å². The van der Waals surface area contributed by atoms with Crippen LogP contribution in [0.25, 0.3) is 11.1 Å². The number of nitrogens with zero attached hydrogens (tertiary/aromatic N) is 4. The lowest BCUT2D eigenvalue weighted by atomic mass is 9.56. The van der Waals surface area contributed by atoms with Crippen LogP contribution in [0.4, 0.5) is 5.69 Å². The average molecular weight is 611 g/mol. The van der Waals surface area contributed by atoms with Crippen molar-refractivity contribution in [2.45, 2.75) is 30.0 Å². The molecule has 2 aromatic rings. The maximum absolute atomic E-state index is 14.3. The van der Waals surface area contributed by atoms with E-state index in [4.69, 9.17) is 23.2 Å². The Balaban J connectivity index is 1.79. The van der Waals surface area contributed by atoms with E-state index in [1.54, 1.807) is 49.3 Å². The molecule has 2 aromatic carbocycles. The Hall–Kier alpha value is -4.30. The van der Waals surface area contributed by atoms with Crippen LogP contribution in [0.3, 0.4) is 0 Å². The van der Waals surface area contributed by atoms with E-state index in [1.807, 2.05) is 0 Å². The zero-order chi connectivity index (χ0) is 31.8. The van der Waals surface area contributed by atoms with Gasteiger partial charge in [-0.2, -0.15) is 0 Å². The molecule has 1 amide bonds. The highest BCUT2D eigenvalue weighted by Crippen LogP contribution is 2.55. The van der Waals surface area contributed by atoms with Gasteiger partial charge in [-0.1, -0.05) is 34.1 Å². The third-order valence-electron chi connectivity index (χ3n) is 8.59. The third-order valence-corrected chi connectivity index (χ3v) is 8.85. The van der Waals surface area contributed by atoms with Gasteiger partial charge in [0.2, 0.25) is 5.78 Å². The van der Waals surface area contributed by atoms with Gasteiger partial charge in [-0.15, -0.1) is 0 Å². The molecule has 43 heavy (non-hydrogen) atoms. The van der Waals surface area contributed by atoms with E-state index in [2.05, 4.69) is 10.3 Å². The number of benzene rings is 2. The molecule has 3 aliphatic carbocycles. The molecule has 0 heterocycles. The molecule has 3 aliphatic rings. The third kappa shape index (κ3) is 4.22. The SMILES string of the molecule is CN(C)c1cc(-c2ccc(Cl)cc2)c(O)c2c1C[C@@]1(N)C[C@H]3[C@H](N(C)C)C(O)=C(C(=O)N=NN)C(=O)[C@@]3(O)C(O)=C1C2=O. The number of aliphatic hydroxyl groups is 3. The Kier molecular flexibility index (Phi) is 7.13. The quantitative estimate of drug-likeness (QED) is 0.127. The van der Waals surface area contributed by atoms with Gasteiger partial charge in [0.15, 0.2) is 11.4 Å². The minimum atomic E-state index is -2.85. The highest BCUT2D eigenvalue weighted by molar-refractivity contribution is 6.30. The van der Waals surface area contributed by atoms with Crippen LogP contribution in [0.2, 0.25) is 5.02 Å². The van der Waals surface area contributed by atoms with E-state index in [9.17, 15) is 34.8 Å². The molecular formula is C29H31ClN6O7. The first-order chi connectivity index (χ1) is 20.1. The number of hydrogen-bond acceptors (Lipinski definition) is 11. The second-order valence-electron chi connectivity index (χ2n) is 11.5. The summed E-state index contributed by atoms with van der Waals surface area (Å²) in [4.78, 5) is 43.9. The molecule has 8 N–H and O–H groups in total. The van der Waals surface area contributed by atoms with Gasteiger partial charge in [0.05, 0.1) is 22.7 Å². The van der Waals surface area contributed by atoms with Crippen LogP contribution in [0.15, 0.2) is 63.3 Å². The number of aromatic hydroxyl groups is 1. The molecule has 14 heteroatoms. The van der Waals surface area contributed by atoms with Crippen molar-refractivity contribution in [1.29, 1.82) is 0 Å². The molecule has 0 fully saturated rings. The van der Waals surface area contributed by atoms with Crippen LogP contribution in [-0.4, -0.2) is 88.2 Å². The first-order valence-corrected chi connectivity index (χ1v) is 13.6. The highest BCUT2D eigenvalue weighted by Gasteiger charge is 2.66. The van der Waals surface area contributed by atoms with Gasteiger partial charge >= 0.3 is 5.91 Å². The van der Waals surface area contributed by atoms with Gasteiger partial charge in [-0.3, -0.25) is 19.3 Å². The number of phenols is 1. The normalized spacial score (nSPS) is 27.0. The van der Waals surface area contributed by atoms with Crippen molar-refractivity contribution in [3.8, 4) is 16.9 Å². The van der Waals surface area contributed by atoms with Crippen LogP contribution in [0.1, 0.15) is 22.3 Å². The standard InChI is InChI=1S/C29H31ClN6O7/c1-35(2)17-9-14(12-5-7-13(30)8-6-12)22(37)18-15(17)10-28(31)11-16-21(36(3)4)24(39)19(27(42)33-34-32)25(40)29(16,43)26(41)20(28)23(18)38/h5-9,16,21,37,39,41,43H,10-11,31H2,1-4H3,(H2,32,33,42)/t16-,21-,28+,29+/m0/s1. The summed E-state index contributed by atoms with van der Waals surface area (Å²) < 4.78 is 0. The summed E-state index contributed by atoms with van der Waals surface area (Å²) in [6.45, 7) is 0. The Morgan fingerprint density at radius 2 is 1.72 bits per heavy atom. The van der Waals surface area contributed by atoms with Crippen LogP contribution >= 0.6 is 11.6 Å². The Morgan fingerprint density at radius 3 is 2.28 bits per heavy atom. The van der Waals surface area contributed by atoms with Crippen LogP contribution in [0, 0.1) is 5.92 Å². The van der Waals surface area contributed by atoms with Crippen molar-refractivity contribution in [2.75, 3.05) is 33.1 Å². The maximum Gasteiger partial charge on any atom is 0.304 e. The minimum Gasteiger partial charge on any atom is -0.510 e. The number of Topliss-reactive ketones (excluding diaryl/α,β-unsaturated/α-hetero) is 2. The molecule has 0 radical (unpaired) electrons. The number of amides is 1. The largest absolute Gasteiger partial charge is 0.510 e. The van der Waals surface area contributed by atoms with Crippen molar-refractivity contribution in [3.63, 3.8) is 0 Å². The summed E-state index contributed by atoms with van der Waals surface area (Å²) in [5.74, 6) is -2.09. The minimum absolute atomic E-state index is 0.0754. The summed E-state index contributed by atoms with van der Waals surface area (Å²) in [7, 11) is 6.59. The fraction of sp³-hybridized carbons (Fsp3) is 0.345. The molecule has 5 rings (SSSR count). The van der Waals surface area contributed by atoms with Crippen LogP contribution in [-0.2, 0) is 16.0 Å². The summed E-state index contributed by atoms with van der Waals surface area (Å²) >= 11 is 6.05. The summed E-state index contributed by atoms with van der Waals surface area (Å²) in [5, 5.41) is 52.7. The van der Waals surface area contributed by atoms with E-state index in [0.717, 1.165) is 0 Å². The summed E-state index contributed by atoms with van der Waals surface area (Å²) in [6, 6.07) is 7.12. The number of likely N-dealkylation sites (N-methyl/N-ethyl adjacent to an activating group) is 1. The van der Waals surface area contributed by atoms with Crippen LogP contribution in [0.5, 0.6) is 5.75 Å². The number of carbonyl (C=O) groups excluding carboxylic acids is 3. The van der Waals surface area contributed by atoms with Crippen molar-refractivity contribution >= 4 is 34.8 Å². The van der Waals surface area contributed by atoms with Gasteiger partial charge in [0.1, 0.15) is 22.8 Å². The average Bonchev–Trinajstić information content (AvgIpc) is 2.91. The zero-order valence-electron chi connectivity index (χ0n) is 23.8. The molecule has 0 saturated carbocycles. The molecule has 13 nitrogen and oxygen atoms in total. The second-order valence-corrected chi connectivity index (χ2v) is 12.0. The Bertz CT molecular complexity index is 1680. The molecule has 0 spiro atoms. The fourth-order valence-corrected chi connectivity index (χ4v) is 6.85. The van der Waals surface area contributed by atoms with E-state index < -0.39 is 63.2 Å². The molecule has 0 aromatic heterocycles. The summed E-state index contributed by atoms with van der Waals surface area (Å²) in [6.07, 6.45) is -0.340. The highest BCUT2D eigenvalue weighted by atomic mass is 35.5. The molecule has 0 aliphatic heterocycles. The number of ketones is 2. The van der Waals surface area contributed by atoms with E-state index in [1.165, 1.54) is 19.0 Å². The van der Waals surface area contributed by atoms with Crippen molar-refractivity contribution < 1.29 is 34.8 Å². The number of phenolic OH excluding ortho intramolecular Hbond substituents is 1. The van der Waals surface area contributed by atoms with Gasteiger partial charge < -0.3 is 36.9 Å². The lowest BCUT2D eigenvalue weighted by Crippen LogP contribution is -2.68. The number of fused-ring (bicyclic) bond motifs is 3. The molecule has 0 bridgehead atoms. The van der Waals surface area contributed by atoms with E-state index in [-0.39, 0.29) is 24.2 Å². The van der Waals surface area contributed by atoms with Crippen LogP contribution < -0.4 is 16.5 Å². The lowest BCUT2D eigenvalue weighted by molar-refractivity contribution is -0.148. The monoisotopic (exact) mass is 610 g/mol. The topological polar surface area (TPSA) is 215 Å². The number of nitrogens with two attached hydrogens (primary N) is 2. The fourth-order valence-electron chi connectivity index (χ4n) is 6.72. The maximum atomic E-state index is 14.3. The predicted molar refractivity (Wildman–Crippen MR) is 157 cm³/mol. The summed E-state index contributed by atoms with van der Waals surface area (Å²) in [5.41, 5.74) is 2.67. The number of hydrogen-bond donors (Lipinski definition) is 6. The molecule has 226 valence electrons.